The number of hydrogen-bond acceptors (Lipinski definition) is 3. The third kappa shape index (κ3) is 5.09. The van der Waals surface area contributed by atoms with Crippen molar-refractivity contribution in [2.45, 2.75) is 0 Å². The Hall–Kier alpha value is -7.82. The van der Waals surface area contributed by atoms with Crippen LogP contribution < -0.4 is 4.90 Å². The Morgan fingerprint density at radius 2 is 0.879 bits per heavy atom. The van der Waals surface area contributed by atoms with E-state index in [0.717, 1.165) is 88.9 Å². The van der Waals surface area contributed by atoms with Gasteiger partial charge in [-0.25, -0.2) is 0 Å². The van der Waals surface area contributed by atoms with Crippen molar-refractivity contribution in [3.63, 3.8) is 0 Å². The van der Waals surface area contributed by atoms with E-state index in [1.807, 2.05) is 18.2 Å². The number of benzene rings is 9. The van der Waals surface area contributed by atoms with Crippen molar-refractivity contribution in [2.75, 3.05) is 4.90 Å². The van der Waals surface area contributed by atoms with Gasteiger partial charge in [0, 0.05) is 60.6 Å². The molecule has 0 saturated heterocycles. The average molecular weight is 743 g/mol. The highest BCUT2D eigenvalue weighted by Gasteiger charge is 2.18. The first-order chi connectivity index (χ1) is 28.7. The Morgan fingerprint density at radius 1 is 0.328 bits per heavy atom. The summed E-state index contributed by atoms with van der Waals surface area (Å²) in [6.07, 6.45) is 0. The summed E-state index contributed by atoms with van der Waals surface area (Å²) in [6, 6.07) is 73.2. The van der Waals surface area contributed by atoms with Crippen LogP contribution >= 0.6 is 0 Å². The van der Waals surface area contributed by atoms with Crippen LogP contribution in [-0.4, -0.2) is 4.57 Å². The zero-order valence-corrected chi connectivity index (χ0v) is 31.3. The molecule has 4 heteroatoms. The Balaban J connectivity index is 0.964. The highest BCUT2D eigenvalue weighted by molar-refractivity contribution is 6.11. The molecule has 0 radical (unpaired) electrons. The fraction of sp³-hybridized carbons (Fsp3) is 0. The van der Waals surface area contributed by atoms with Gasteiger partial charge in [-0.1, -0.05) is 121 Å². The smallest absolute Gasteiger partial charge is 0.143 e. The van der Waals surface area contributed by atoms with Gasteiger partial charge in [0.25, 0.3) is 0 Å². The number of para-hydroxylation sites is 4. The van der Waals surface area contributed by atoms with Gasteiger partial charge < -0.3 is 18.3 Å². The number of rotatable bonds is 6. The van der Waals surface area contributed by atoms with Crippen LogP contribution in [0.4, 0.5) is 17.1 Å². The highest BCUT2D eigenvalue weighted by Crippen LogP contribution is 2.42. The summed E-state index contributed by atoms with van der Waals surface area (Å²) in [5, 5.41) is 6.93. The first kappa shape index (κ1) is 32.4. The molecule has 272 valence electrons. The molecule has 9 aromatic carbocycles. The van der Waals surface area contributed by atoms with Gasteiger partial charge in [0.05, 0.1) is 11.0 Å². The predicted molar refractivity (Wildman–Crippen MR) is 241 cm³/mol. The van der Waals surface area contributed by atoms with E-state index in [9.17, 15) is 0 Å². The fourth-order valence-electron chi connectivity index (χ4n) is 8.88. The lowest BCUT2D eigenvalue weighted by Crippen LogP contribution is -2.10. The second-order valence-corrected chi connectivity index (χ2v) is 14.9. The van der Waals surface area contributed by atoms with Gasteiger partial charge in [-0.05, 0) is 102 Å². The van der Waals surface area contributed by atoms with Crippen LogP contribution in [0.15, 0.2) is 215 Å². The molecule has 0 aliphatic rings. The van der Waals surface area contributed by atoms with Crippen LogP contribution in [0.5, 0.6) is 0 Å². The summed E-state index contributed by atoms with van der Waals surface area (Å²) in [7, 11) is 0. The summed E-state index contributed by atoms with van der Waals surface area (Å²) in [5.74, 6) is 0. The molecule has 0 saturated carbocycles. The molecule has 0 amide bonds. The minimum Gasteiger partial charge on any atom is -0.456 e. The Labute approximate surface area is 334 Å². The minimum absolute atomic E-state index is 0.875. The largest absolute Gasteiger partial charge is 0.456 e. The van der Waals surface area contributed by atoms with Crippen LogP contribution in [0.3, 0.4) is 0 Å². The van der Waals surface area contributed by atoms with Gasteiger partial charge in [-0.2, -0.15) is 0 Å². The van der Waals surface area contributed by atoms with Crippen LogP contribution in [0.2, 0.25) is 0 Å². The molecule has 0 aliphatic carbocycles. The summed E-state index contributed by atoms with van der Waals surface area (Å²) in [5.41, 5.74) is 14.8. The Bertz CT molecular complexity index is 3450. The standard InChI is InChI=1S/C54H34N2O2/c1-2-11-36(12-3-1)42-16-10-17-46-47-33-37(23-31-53(47)58-54(42)46)35-21-24-38(25-22-35)55(41-30-32-52-48(34-41)45-15-6-9-20-51(45)57-52)39-26-28-40(29-27-39)56-49-18-7-4-13-43(49)44-14-5-8-19-50(44)56/h1-34H. The van der Waals surface area contributed by atoms with Crippen LogP contribution in [-0.2, 0) is 0 Å². The highest BCUT2D eigenvalue weighted by atomic mass is 16.3. The van der Waals surface area contributed by atoms with E-state index in [4.69, 9.17) is 8.83 Å². The lowest BCUT2D eigenvalue weighted by Gasteiger charge is -2.26. The Kier molecular flexibility index (Phi) is 7.20. The third-order valence-electron chi connectivity index (χ3n) is 11.6. The van der Waals surface area contributed by atoms with Gasteiger partial charge in [0.1, 0.15) is 22.3 Å². The van der Waals surface area contributed by atoms with E-state index < -0.39 is 0 Å². The van der Waals surface area contributed by atoms with Crippen molar-refractivity contribution in [3.8, 4) is 27.9 Å². The summed E-state index contributed by atoms with van der Waals surface area (Å²) in [6.45, 7) is 0. The molecule has 0 N–H and O–H groups in total. The number of furan rings is 2. The molecular weight excluding hydrogens is 709 g/mol. The molecule has 3 aromatic heterocycles. The lowest BCUT2D eigenvalue weighted by atomic mass is 10.00. The maximum atomic E-state index is 6.49. The lowest BCUT2D eigenvalue weighted by molar-refractivity contribution is 0.669. The number of fused-ring (bicyclic) bond motifs is 9. The van der Waals surface area contributed by atoms with Crippen molar-refractivity contribution in [2.24, 2.45) is 0 Å². The van der Waals surface area contributed by atoms with Gasteiger partial charge in [-0.15, -0.1) is 0 Å². The molecule has 0 bridgehead atoms. The zero-order valence-electron chi connectivity index (χ0n) is 31.3. The van der Waals surface area contributed by atoms with Crippen molar-refractivity contribution in [3.05, 3.63) is 206 Å². The molecule has 0 spiro atoms. The first-order valence-corrected chi connectivity index (χ1v) is 19.7. The predicted octanol–water partition coefficient (Wildman–Crippen LogP) is 15.4. The summed E-state index contributed by atoms with van der Waals surface area (Å²) in [4.78, 5) is 2.33. The van der Waals surface area contributed by atoms with Crippen LogP contribution in [0.25, 0.3) is 93.6 Å². The molecular formula is C54H34N2O2. The van der Waals surface area contributed by atoms with E-state index in [0.29, 0.717) is 0 Å². The molecule has 12 rings (SSSR count). The van der Waals surface area contributed by atoms with Crippen molar-refractivity contribution in [1.29, 1.82) is 0 Å². The number of nitrogens with zero attached hydrogens (tertiary/aromatic N) is 2. The average Bonchev–Trinajstić information content (AvgIpc) is 3.97. The third-order valence-corrected chi connectivity index (χ3v) is 11.6. The topological polar surface area (TPSA) is 34.5 Å². The molecule has 0 unspecified atom stereocenters. The zero-order chi connectivity index (χ0) is 38.2. The van der Waals surface area contributed by atoms with Crippen molar-refractivity contribution >= 4 is 82.7 Å². The van der Waals surface area contributed by atoms with Gasteiger partial charge in [0.15, 0.2) is 0 Å². The van der Waals surface area contributed by atoms with Gasteiger partial charge in [-0.3, -0.25) is 0 Å². The van der Waals surface area contributed by atoms with Crippen molar-refractivity contribution in [1.82, 2.24) is 4.57 Å². The summed E-state index contributed by atoms with van der Waals surface area (Å²) < 4.78 is 15.1. The molecule has 0 fully saturated rings. The second-order valence-electron chi connectivity index (χ2n) is 14.9. The molecule has 12 aromatic rings. The Morgan fingerprint density at radius 3 is 1.64 bits per heavy atom. The molecule has 0 atom stereocenters. The minimum atomic E-state index is 0.875. The first-order valence-electron chi connectivity index (χ1n) is 19.7. The van der Waals surface area contributed by atoms with Crippen LogP contribution in [0.1, 0.15) is 0 Å². The quantitative estimate of drug-likeness (QED) is 0.170. The second kappa shape index (κ2) is 12.9. The molecule has 4 nitrogen and oxygen atoms in total. The number of hydrogen-bond donors (Lipinski definition) is 0. The monoisotopic (exact) mass is 742 g/mol. The van der Waals surface area contributed by atoms with E-state index in [-0.39, 0.29) is 0 Å². The molecule has 0 aliphatic heterocycles. The van der Waals surface area contributed by atoms with Crippen molar-refractivity contribution < 1.29 is 8.83 Å². The maximum absolute atomic E-state index is 6.49. The van der Waals surface area contributed by atoms with Gasteiger partial charge in [0.2, 0.25) is 0 Å². The van der Waals surface area contributed by atoms with E-state index in [1.54, 1.807) is 0 Å². The molecule has 58 heavy (non-hydrogen) atoms. The van der Waals surface area contributed by atoms with Crippen LogP contribution in [0, 0.1) is 0 Å². The van der Waals surface area contributed by atoms with E-state index in [2.05, 4.69) is 198 Å². The fourth-order valence-corrected chi connectivity index (χ4v) is 8.88. The van der Waals surface area contributed by atoms with Gasteiger partial charge >= 0.3 is 0 Å². The number of anilines is 3. The maximum Gasteiger partial charge on any atom is 0.143 e. The number of aromatic nitrogens is 1. The van der Waals surface area contributed by atoms with E-state index >= 15 is 0 Å². The normalized spacial score (nSPS) is 11.8. The van der Waals surface area contributed by atoms with E-state index in [1.165, 1.54) is 21.8 Å². The SMILES string of the molecule is c1ccc(-c2cccc3c2oc2ccc(-c4ccc(N(c5ccc(-n6c7ccccc7c7ccccc76)cc5)c5ccc6oc7ccccc7c6c5)cc4)cc23)cc1. The summed E-state index contributed by atoms with van der Waals surface area (Å²) >= 11 is 0. The molecule has 3 heterocycles.